The van der Waals surface area contributed by atoms with Crippen LogP contribution >= 0.6 is 0 Å². The Morgan fingerprint density at radius 1 is 0.962 bits per heavy atom. The fourth-order valence-corrected chi connectivity index (χ4v) is 7.33. The normalized spacial score (nSPS) is 22.3. The van der Waals surface area contributed by atoms with Crippen molar-refractivity contribution in [3.8, 4) is 0 Å². The number of benzene rings is 1. The maximum atomic E-state index is 13.7. The number of aliphatic imine (C=N–C) groups is 1. The molecule has 0 bridgehead atoms. The molecule has 0 spiro atoms. The minimum Gasteiger partial charge on any atom is -0.442 e. The standard InChI is InChI=1S/C38H61N9O5/c1-45(38(51)52-30-17-8-3-2-4-9-18-30)23-13-22-42-34(48)32-19-11-24-46(32)27-29(16-10-21-43-37(40)41)44-35(49)33-20-12-25-47(33)36(50)31(39)26-28-14-6-5-7-15-28/h5-8,14-15,17,29-33H,2-4,9-13,16,18-27,39H2,1H3,(H,42,48)(H,44,49)(H4,40,41,43)/b17-8+/t29-,30?,31+,32-,33-/m0/s1. The van der Waals surface area contributed by atoms with Gasteiger partial charge in [-0.3, -0.25) is 24.3 Å². The second kappa shape index (κ2) is 21.4. The number of nitrogens with two attached hydrogens (primary N) is 3. The van der Waals surface area contributed by atoms with Gasteiger partial charge in [0.15, 0.2) is 5.96 Å². The molecule has 52 heavy (non-hydrogen) atoms. The topological polar surface area (TPSA) is 202 Å². The average molecular weight is 724 g/mol. The number of nitrogens with one attached hydrogen (secondary N) is 2. The number of carbonyl (C=O) groups is 4. The van der Waals surface area contributed by atoms with Crippen molar-refractivity contribution in [2.75, 3.05) is 46.3 Å². The number of nitrogens with zero attached hydrogens (tertiary/aromatic N) is 4. The zero-order valence-electron chi connectivity index (χ0n) is 30.9. The summed E-state index contributed by atoms with van der Waals surface area (Å²) in [6, 6.07) is 7.68. The van der Waals surface area contributed by atoms with Crippen LogP contribution in [0.1, 0.15) is 82.6 Å². The third-order valence-corrected chi connectivity index (χ3v) is 10.2. The van der Waals surface area contributed by atoms with Crippen LogP contribution in [0, 0.1) is 0 Å². The van der Waals surface area contributed by atoms with Crippen LogP contribution in [0.15, 0.2) is 47.5 Å². The molecule has 2 aliphatic heterocycles. The fraction of sp³-hybridized carbons (Fsp3) is 0.658. The van der Waals surface area contributed by atoms with Crippen molar-refractivity contribution in [1.82, 2.24) is 25.3 Å². The zero-order chi connectivity index (χ0) is 37.3. The second-order valence-corrected chi connectivity index (χ2v) is 14.3. The van der Waals surface area contributed by atoms with Gasteiger partial charge in [-0.1, -0.05) is 42.8 Å². The van der Waals surface area contributed by atoms with Gasteiger partial charge in [0.25, 0.3) is 0 Å². The summed E-state index contributed by atoms with van der Waals surface area (Å²) in [6.45, 7) is 3.00. The van der Waals surface area contributed by atoms with Crippen molar-refractivity contribution in [2.45, 2.75) is 114 Å². The molecule has 1 aromatic rings. The minimum atomic E-state index is -0.738. The highest BCUT2D eigenvalue weighted by Gasteiger charge is 2.38. The monoisotopic (exact) mass is 723 g/mol. The number of hydrogen-bond donors (Lipinski definition) is 5. The lowest BCUT2D eigenvalue weighted by molar-refractivity contribution is -0.139. The molecule has 1 aromatic carbocycles. The van der Waals surface area contributed by atoms with Crippen molar-refractivity contribution in [3.63, 3.8) is 0 Å². The van der Waals surface area contributed by atoms with Gasteiger partial charge in [0.2, 0.25) is 17.7 Å². The molecule has 14 heteroatoms. The Labute approximate surface area is 308 Å². The first kappa shape index (κ1) is 40.6. The number of carbonyl (C=O) groups excluding carboxylic acids is 4. The highest BCUT2D eigenvalue weighted by molar-refractivity contribution is 5.90. The Hall–Kier alpha value is -4.17. The number of ether oxygens (including phenoxy) is 1. The predicted molar refractivity (Wildman–Crippen MR) is 202 cm³/mol. The molecule has 1 unspecified atom stereocenters. The highest BCUT2D eigenvalue weighted by Crippen LogP contribution is 2.22. The molecule has 288 valence electrons. The van der Waals surface area contributed by atoms with Gasteiger partial charge < -0.3 is 42.4 Å². The molecule has 3 aliphatic rings. The van der Waals surface area contributed by atoms with Gasteiger partial charge in [0.1, 0.15) is 12.1 Å². The molecule has 5 atom stereocenters. The number of guanidine groups is 1. The molecule has 4 rings (SSSR count). The van der Waals surface area contributed by atoms with Gasteiger partial charge >= 0.3 is 6.09 Å². The van der Waals surface area contributed by atoms with E-state index in [1.54, 1.807) is 16.8 Å². The number of amides is 4. The molecule has 0 aromatic heterocycles. The number of likely N-dealkylation sites (tertiary alicyclic amines) is 2. The highest BCUT2D eigenvalue weighted by atomic mass is 16.6. The number of hydrogen-bond acceptors (Lipinski definition) is 8. The van der Waals surface area contributed by atoms with Crippen molar-refractivity contribution in [3.05, 3.63) is 48.0 Å². The molecule has 2 heterocycles. The largest absolute Gasteiger partial charge is 0.442 e. The molecular weight excluding hydrogens is 662 g/mol. The lowest BCUT2D eigenvalue weighted by Gasteiger charge is -2.31. The lowest BCUT2D eigenvalue weighted by atomic mass is 10.0. The molecule has 14 nitrogen and oxygen atoms in total. The number of allylic oxidation sites excluding steroid dienone is 1. The smallest absolute Gasteiger partial charge is 0.410 e. The molecule has 2 saturated heterocycles. The van der Waals surface area contributed by atoms with E-state index in [4.69, 9.17) is 21.9 Å². The summed E-state index contributed by atoms with van der Waals surface area (Å²) in [7, 11) is 1.72. The van der Waals surface area contributed by atoms with Crippen LogP contribution in [0.2, 0.25) is 0 Å². The van der Waals surface area contributed by atoms with E-state index < -0.39 is 12.1 Å². The van der Waals surface area contributed by atoms with Crippen LogP contribution in [-0.4, -0.2) is 121 Å². The van der Waals surface area contributed by atoms with Crippen molar-refractivity contribution >= 4 is 29.8 Å². The van der Waals surface area contributed by atoms with E-state index in [1.165, 1.54) is 6.42 Å². The first-order chi connectivity index (χ1) is 25.1. The first-order valence-electron chi connectivity index (χ1n) is 19.2. The summed E-state index contributed by atoms with van der Waals surface area (Å²) in [4.78, 5) is 62.6. The van der Waals surface area contributed by atoms with Crippen LogP contribution in [0.25, 0.3) is 0 Å². The Bertz CT molecular complexity index is 1360. The predicted octanol–water partition coefficient (Wildman–Crippen LogP) is 2.01. The summed E-state index contributed by atoms with van der Waals surface area (Å²) in [5.74, 6) is -0.484. The third kappa shape index (κ3) is 13.1. The third-order valence-electron chi connectivity index (χ3n) is 10.2. The van der Waals surface area contributed by atoms with E-state index in [0.29, 0.717) is 71.2 Å². The SMILES string of the molecule is CN(CCCNC(=O)[C@@H]1CCCN1C[C@H](CCCN=C(N)N)NC(=O)[C@@H]1CCCN1C(=O)[C@H](N)Cc1ccccc1)C(=O)OC1/C=C/CCCCC1. The fourth-order valence-electron chi connectivity index (χ4n) is 7.33. The Kier molecular flexibility index (Phi) is 16.7. The van der Waals surface area contributed by atoms with Crippen molar-refractivity contribution in [2.24, 2.45) is 22.2 Å². The van der Waals surface area contributed by atoms with Crippen LogP contribution in [-0.2, 0) is 25.5 Å². The van der Waals surface area contributed by atoms with E-state index in [2.05, 4.69) is 26.6 Å². The quantitative estimate of drug-likeness (QED) is 0.0690. The molecule has 0 radical (unpaired) electrons. The lowest BCUT2D eigenvalue weighted by Crippen LogP contribution is -2.55. The molecule has 0 saturated carbocycles. The second-order valence-electron chi connectivity index (χ2n) is 14.3. The van der Waals surface area contributed by atoms with Gasteiger partial charge in [-0.05, 0) is 95.2 Å². The van der Waals surface area contributed by atoms with E-state index in [1.807, 2.05) is 36.4 Å². The molecular formula is C38H61N9O5. The zero-order valence-corrected chi connectivity index (χ0v) is 30.9. The van der Waals surface area contributed by atoms with E-state index in [9.17, 15) is 19.2 Å². The summed E-state index contributed by atoms with van der Waals surface area (Å²) in [6.07, 6.45) is 13.9. The van der Waals surface area contributed by atoms with Crippen molar-refractivity contribution in [1.29, 1.82) is 0 Å². The number of rotatable bonds is 17. The van der Waals surface area contributed by atoms with E-state index in [-0.39, 0.29) is 48.0 Å². The summed E-state index contributed by atoms with van der Waals surface area (Å²) in [5, 5.41) is 6.26. The Morgan fingerprint density at radius 2 is 1.73 bits per heavy atom. The van der Waals surface area contributed by atoms with E-state index >= 15 is 0 Å². The van der Waals surface area contributed by atoms with Gasteiger partial charge in [-0.15, -0.1) is 0 Å². The van der Waals surface area contributed by atoms with Gasteiger partial charge in [-0.2, -0.15) is 0 Å². The molecule has 4 amide bonds. The van der Waals surface area contributed by atoms with Crippen LogP contribution in [0.3, 0.4) is 0 Å². The Balaban J connectivity index is 1.28. The maximum Gasteiger partial charge on any atom is 0.410 e. The van der Waals surface area contributed by atoms with Crippen LogP contribution < -0.4 is 27.8 Å². The Morgan fingerprint density at radius 3 is 2.52 bits per heavy atom. The molecule has 8 N–H and O–H groups in total. The van der Waals surface area contributed by atoms with E-state index in [0.717, 1.165) is 50.6 Å². The maximum absolute atomic E-state index is 13.7. The van der Waals surface area contributed by atoms with Gasteiger partial charge in [-0.25, -0.2) is 4.79 Å². The summed E-state index contributed by atoms with van der Waals surface area (Å²) < 4.78 is 5.69. The summed E-state index contributed by atoms with van der Waals surface area (Å²) >= 11 is 0. The van der Waals surface area contributed by atoms with Crippen molar-refractivity contribution < 1.29 is 23.9 Å². The molecule has 2 fully saturated rings. The average Bonchev–Trinajstić information content (AvgIpc) is 3.80. The summed E-state index contributed by atoms with van der Waals surface area (Å²) in [5.41, 5.74) is 18.4. The minimum absolute atomic E-state index is 0.0130. The first-order valence-corrected chi connectivity index (χ1v) is 19.2. The molecule has 1 aliphatic carbocycles. The van der Waals surface area contributed by atoms with Gasteiger partial charge in [0.05, 0.1) is 12.1 Å². The van der Waals surface area contributed by atoms with Crippen LogP contribution in [0.5, 0.6) is 0 Å². The van der Waals surface area contributed by atoms with Crippen LogP contribution in [0.4, 0.5) is 4.79 Å². The van der Waals surface area contributed by atoms with Gasteiger partial charge in [0, 0.05) is 45.8 Å².